The van der Waals surface area contributed by atoms with Gasteiger partial charge in [0.2, 0.25) is 5.91 Å². The van der Waals surface area contributed by atoms with Gasteiger partial charge in [0.25, 0.3) is 0 Å². The molecule has 1 saturated heterocycles. The van der Waals surface area contributed by atoms with Gasteiger partial charge in [-0.15, -0.1) is 11.6 Å². The molecule has 0 spiro atoms. The van der Waals surface area contributed by atoms with Crippen molar-refractivity contribution in [1.29, 1.82) is 0 Å². The number of nitrogens with one attached hydrogen (secondary N) is 1. The van der Waals surface area contributed by atoms with Crippen molar-refractivity contribution in [2.75, 3.05) is 18.2 Å². The molecule has 1 aliphatic heterocycles. The summed E-state index contributed by atoms with van der Waals surface area (Å²) < 4.78 is 23.6. The van der Waals surface area contributed by atoms with E-state index in [1.54, 1.807) is 0 Å². The number of halogens is 1. The van der Waals surface area contributed by atoms with Crippen LogP contribution >= 0.6 is 11.6 Å². The summed E-state index contributed by atoms with van der Waals surface area (Å²) in [6.07, 6.45) is 3.73. The van der Waals surface area contributed by atoms with Crippen molar-refractivity contribution in [3.05, 3.63) is 0 Å². The predicted molar refractivity (Wildman–Crippen MR) is 73.6 cm³/mol. The lowest BCUT2D eigenvalue weighted by Gasteiger charge is -2.22. The summed E-state index contributed by atoms with van der Waals surface area (Å²) in [5, 5.41) is 1.93. The lowest BCUT2D eigenvalue weighted by Crippen LogP contribution is -2.44. The van der Waals surface area contributed by atoms with Gasteiger partial charge in [-0.2, -0.15) is 0 Å². The summed E-state index contributed by atoms with van der Waals surface area (Å²) in [5.74, 6) is 0.709. The number of rotatable bonds is 6. The predicted octanol–water partition coefficient (Wildman–Crippen LogP) is 1.72. The fourth-order valence-corrected chi connectivity index (χ4v) is 4.35. The number of sulfone groups is 1. The third-order valence-electron chi connectivity index (χ3n) is 3.53. The van der Waals surface area contributed by atoms with Gasteiger partial charge >= 0.3 is 0 Å². The Morgan fingerprint density at radius 1 is 1.44 bits per heavy atom. The van der Waals surface area contributed by atoms with Crippen molar-refractivity contribution in [3.63, 3.8) is 0 Å². The minimum Gasteiger partial charge on any atom is -0.355 e. The highest BCUT2D eigenvalue weighted by atomic mass is 35.5. The first-order valence-corrected chi connectivity index (χ1v) is 8.81. The van der Waals surface area contributed by atoms with Crippen LogP contribution in [0.25, 0.3) is 0 Å². The van der Waals surface area contributed by atoms with Crippen LogP contribution in [0, 0.1) is 5.92 Å². The minimum atomic E-state index is -3.23. The standard InChI is InChI=1S/C12H22ClNO3S/c1-2-10(6-7-13)9-14-12(15)11-5-3-4-8-18(11,16)17/h10-11H,2-9H2,1H3,(H,14,15). The number of hydrogen-bond acceptors (Lipinski definition) is 3. The molecule has 2 unspecified atom stereocenters. The molecular formula is C12H22ClNO3S. The molecule has 1 rings (SSSR count). The normalized spacial score (nSPS) is 24.4. The Hall–Kier alpha value is -0.290. The van der Waals surface area contributed by atoms with Crippen molar-refractivity contribution >= 4 is 27.3 Å². The first-order chi connectivity index (χ1) is 8.51. The number of amides is 1. The molecule has 0 aliphatic carbocycles. The summed E-state index contributed by atoms with van der Waals surface area (Å²) in [5.41, 5.74) is 0. The maximum absolute atomic E-state index is 11.9. The molecule has 2 atom stereocenters. The lowest BCUT2D eigenvalue weighted by atomic mass is 10.0. The van der Waals surface area contributed by atoms with E-state index < -0.39 is 15.1 Å². The van der Waals surface area contributed by atoms with Gasteiger partial charge in [-0.25, -0.2) is 8.42 Å². The first kappa shape index (κ1) is 15.8. The van der Waals surface area contributed by atoms with Crippen molar-refractivity contribution in [1.82, 2.24) is 5.32 Å². The van der Waals surface area contributed by atoms with Crippen LogP contribution in [0.15, 0.2) is 0 Å². The van der Waals surface area contributed by atoms with Gasteiger partial charge in [0.15, 0.2) is 9.84 Å². The Labute approximate surface area is 114 Å². The highest BCUT2D eigenvalue weighted by Crippen LogP contribution is 2.19. The molecule has 0 aromatic carbocycles. The Kier molecular flexibility index (Phi) is 6.43. The average Bonchev–Trinajstić information content (AvgIpc) is 2.33. The molecule has 0 aromatic rings. The quantitative estimate of drug-likeness (QED) is 0.759. The van der Waals surface area contributed by atoms with E-state index >= 15 is 0 Å². The molecule has 0 saturated carbocycles. The fraction of sp³-hybridized carbons (Fsp3) is 0.917. The molecule has 6 heteroatoms. The first-order valence-electron chi connectivity index (χ1n) is 6.56. The van der Waals surface area contributed by atoms with Crippen LogP contribution in [0.5, 0.6) is 0 Å². The van der Waals surface area contributed by atoms with E-state index in [4.69, 9.17) is 11.6 Å². The number of carbonyl (C=O) groups is 1. The van der Waals surface area contributed by atoms with Crippen LogP contribution in [0.1, 0.15) is 39.0 Å². The number of alkyl halides is 1. The van der Waals surface area contributed by atoms with Crippen molar-refractivity contribution in [2.24, 2.45) is 5.92 Å². The second kappa shape index (κ2) is 7.34. The molecule has 0 aromatic heterocycles. The van der Waals surface area contributed by atoms with E-state index in [2.05, 4.69) is 5.32 Å². The van der Waals surface area contributed by atoms with Crippen LogP contribution in [-0.2, 0) is 14.6 Å². The molecule has 106 valence electrons. The zero-order valence-electron chi connectivity index (χ0n) is 10.8. The van der Waals surface area contributed by atoms with Crippen LogP contribution in [0.2, 0.25) is 0 Å². The van der Waals surface area contributed by atoms with Crippen molar-refractivity contribution in [2.45, 2.75) is 44.3 Å². The smallest absolute Gasteiger partial charge is 0.238 e. The minimum absolute atomic E-state index is 0.143. The zero-order chi connectivity index (χ0) is 13.6. The van der Waals surface area contributed by atoms with Crippen molar-refractivity contribution in [3.8, 4) is 0 Å². The molecular weight excluding hydrogens is 274 g/mol. The molecule has 1 heterocycles. The van der Waals surface area contributed by atoms with Gasteiger partial charge in [-0.1, -0.05) is 19.8 Å². The van der Waals surface area contributed by atoms with E-state index in [1.807, 2.05) is 6.92 Å². The molecule has 1 aliphatic rings. The van der Waals surface area contributed by atoms with Gasteiger partial charge in [0, 0.05) is 12.4 Å². The van der Waals surface area contributed by atoms with Gasteiger partial charge in [0.1, 0.15) is 5.25 Å². The number of hydrogen-bond donors (Lipinski definition) is 1. The van der Waals surface area contributed by atoms with E-state index in [0.29, 0.717) is 31.2 Å². The van der Waals surface area contributed by atoms with Crippen molar-refractivity contribution < 1.29 is 13.2 Å². The number of carbonyl (C=O) groups excluding carboxylic acids is 1. The molecule has 0 radical (unpaired) electrons. The molecule has 1 N–H and O–H groups in total. The summed E-state index contributed by atoms with van der Waals surface area (Å²) in [6, 6.07) is 0. The van der Waals surface area contributed by atoms with Gasteiger partial charge < -0.3 is 5.32 Å². The molecule has 18 heavy (non-hydrogen) atoms. The fourth-order valence-electron chi connectivity index (χ4n) is 2.21. The van der Waals surface area contributed by atoms with Gasteiger partial charge in [-0.3, -0.25) is 4.79 Å². The second-order valence-electron chi connectivity index (χ2n) is 4.85. The maximum Gasteiger partial charge on any atom is 0.238 e. The second-order valence-corrected chi connectivity index (χ2v) is 7.53. The molecule has 0 bridgehead atoms. The Morgan fingerprint density at radius 3 is 2.72 bits per heavy atom. The van der Waals surface area contributed by atoms with Crippen LogP contribution < -0.4 is 5.32 Å². The average molecular weight is 296 g/mol. The van der Waals surface area contributed by atoms with Crippen LogP contribution in [-0.4, -0.2) is 37.8 Å². The monoisotopic (exact) mass is 295 g/mol. The van der Waals surface area contributed by atoms with E-state index in [0.717, 1.165) is 19.3 Å². The van der Waals surface area contributed by atoms with E-state index in [-0.39, 0.29) is 11.7 Å². The SMILES string of the molecule is CCC(CCCl)CNC(=O)C1CCCCS1(=O)=O. The van der Waals surface area contributed by atoms with E-state index in [9.17, 15) is 13.2 Å². The molecule has 1 fully saturated rings. The summed E-state index contributed by atoms with van der Waals surface area (Å²) in [7, 11) is -3.23. The third-order valence-corrected chi connectivity index (χ3v) is 5.92. The largest absolute Gasteiger partial charge is 0.355 e. The van der Waals surface area contributed by atoms with Crippen LogP contribution in [0.3, 0.4) is 0 Å². The Morgan fingerprint density at radius 2 is 2.17 bits per heavy atom. The molecule has 4 nitrogen and oxygen atoms in total. The lowest BCUT2D eigenvalue weighted by molar-refractivity contribution is -0.121. The highest BCUT2D eigenvalue weighted by molar-refractivity contribution is 7.92. The summed E-state index contributed by atoms with van der Waals surface area (Å²) in [4.78, 5) is 11.9. The van der Waals surface area contributed by atoms with Crippen LogP contribution in [0.4, 0.5) is 0 Å². The zero-order valence-corrected chi connectivity index (χ0v) is 12.4. The maximum atomic E-state index is 11.9. The molecule has 1 amide bonds. The summed E-state index contributed by atoms with van der Waals surface area (Å²) >= 11 is 5.68. The third kappa shape index (κ3) is 4.43. The highest BCUT2D eigenvalue weighted by Gasteiger charge is 2.34. The topological polar surface area (TPSA) is 63.2 Å². The summed E-state index contributed by atoms with van der Waals surface area (Å²) in [6.45, 7) is 2.56. The van der Waals surface area contributed by atoms with Gasteiger partial charge in [-0.05, 0) is 25.2 Å². The van der Waals surface area contributed by atoms with Gasteiger partial charge in [0.05, 0.1) is 5.75 Å². The van der Waals surface area contributed by atoms with E-state index in [1.165, 1.54) is 0 Å². The Balaban J connectivity index is 2.49. The Bertz CT molecular complexity index is 370.